The van der Waals surface area contributed by atoms with Gasteiger partial charge in [0, 0.05) is 17.6 Å². The molecule has 0 atom stereocenters. The first-order chi connectivity index (χ1) is 10.2. The molecule has 0 saturated carbocycles. The van der Waals surface area contributed by atoms with E-state index in [4.69, 9.17) is 4.74 Å². The lowest BCUT2D eigenvalue weighted by Crippen LogP contribution is -2.05. The number of fused-ring (bicyclic) bond motifs is 1. The normalized spacial score (nSPS) is 11.0. The Labute approximate surface area is 124 Å². The standard InChI is InChI=1S/C17H19N3O/c1-4-21-17-16-15(10-18-19-17)12(2)13(3)20(16)11-14-8-6-5-7-9-14/h5-10H,4,11H2,1-3H3. The lowest BCUT2D eigenvalue weighted by molar-refractivity contribution is 0.325. The van der Waals surface area contributed by atoms with Gasteiger partial charge in [0.15, 0.2) is 0 Å². The third kappa shape index (κ3) is 2.37. The number of nitrogens with zero attached hydrogens (tertiary/aromatic N) is 3. The second kappa shape index (κ2) is 5.56. The van der Waals surface area contributed by atoms with Gasteiger partial charge in [-0.2, -0.15) is 5.10 Å². The highest BCUT2D eigenvalue weighted by molar-refractivity contribution is 5.88. The van der Waals surface area contributed by atoms with Gasteiger partial charge in [-0.3, -0.25) is 0 Å². The summed E-state index contributed by atoms with van der Waals surface area (Å²) < 4.78 is 7.93. The van der Waals surface area contributed by atoms with Gasteiger partial charge in [0.1, 0.15) is 5.52 Å². The molecule has 0 aliphatic carbocycles. The summed E-state index contributed by atoms with van der Waals surface area (Å²) in [5.41, 5.74) is 4.75. The van der Waals surface area contributed by atoms with Gasteiger partial charge in [-0.15, -0.1) is 5.10 Å². The van der Waals surface area contributed by atoms with Crippen LogP contribution in [0, 0.1) is 13.8 Å². The molecule has 4 nitrogen and oxygen atoms in total. The molecule has 0 spiro atoms. The van der Waals surface area contributed by atoms with Crippen molar-refractivity contribution in [3.63, 3.8) is 0 Å². The minimum Gasteiger partial charge on any atom is -0.475 e. The molecular weight excluding hydrogens is 262 g/mol. The highest BCUT2D eigenvalue weighted by atomic mass is 16.5. The summed E-state index contributed by atoms with van der Waals surface area (Å²) in [6.45, 7) is 7.61. The molecule has 2 aromatic heterocycles. The Morgan fingerprint density at radius 1 is 1.14 bits per heavy atom. The van der Waals surface area contributed by atoms with E-state index in [-0.39, 0.29) is 0 Å². The summed E-state index contributed by atoms with van der Waals surface area (Å²) in [7, 11) is 0. The van der Waals surface area contributed by atoms with Crippen LogP contribution < -0.4 is 4.74 Å². The van der Waals surface area contributed by atoms with Gasteiger partial charge in [0.2, 0.25) is 0 Å². The van der Waals surface area contributed by atoms with Crippen molar-refractivity contribution in [1.82, 2.24) is 14.8 Å². The molecule has 0 aliphatic rings. The molecule has 0 saturated heterocycles. The Bertz CT molecular complexity index is 763. The van der Waals surface area contributed by atoms with Crippen molar-refractivity contribution in [2.24, 2.45) is 0 Å². The molecule has 0 fully saturated rings. The quantitative estimate of drug-likeness (QED) is 0.735. The molecule has 0 amide bonds. The Kier molecular flexibility index (Phi) is 3.60. The molecule has 1 aromatic carbocycles. The maximum atomic E-state index is 5.67. The van der Waals surface area contributed by atoms with Crippen LogP contribution in [0.5, 0.6) is 5.88 Å². The van der Waals surface area contributed by atoms with Crippen molar-refractivity contribution in [2.75, 3.05) is 6.61 Å². The Morgan fingerprint density at radius 3 is 2.62 bits per heavy atom. The zero-order chi connectivity index (χ0) is 14.8. The Balaban J connectivity index is 2.18. The monoisotopic (exact) mass is 281 g/mol. The van der Waals surface area contributed by atoms with Gasteiger partial charge in [0.25, 0.3) is 5.88 Å². The van der Waals surface area contributed by atoms with Gasteiger partial charge in [-0.05, 0) is 31.9 Å². The second-order valence-corrected chi connectivity index (χ2v) is 5.13. The number of ether oxygens (including phenoxy) is 1. The summed E-state index contributed by atoms with van der Waals surface area (Å²) >= 11 is 0. The summed E-state index contributed by atoms with van der Waals surface area (Å²) in [6, 6.07) is 10.4. The van der Waals surface area contributed by atoms with Gasteiger partial charge >= 0.3 is 0 Å². The SMILES string of the molecule is CCOc1nncc2c(C)c(C)n(Cc3ccccc3)c12. The topological polar surface area (TPSA) is 39.9 Å². The van der Waals surface area contributed by atoms with Crippen LogP contribution in [0.4, 0.5) is 0 Å². The fourth-order valence-corrected chi connectivity index (χ4v) is 2.66. The van der Waals surface area contributed by atoms with Crippen LogP contribution in [0.15, 0.2) is 36.5 Å². The number of aromatic nitrogens is 3. The first-order valence-corrected chi connectivity index (χ1v) is 7.20. The van der Waals surface area contributed by atoms with Crippen molar-refractivity contribution < 1.29 is 4.74 Å². The van der Waals surface area contributed by atoms with Crippen LogP contribution in [0.25, 0.3) is 10.9 Å². The fourth-order valence-electron chi connectivity index (χ4n) is 2.66. The largest absolute Gasteiger partial charge is 0.475 e. The lowest BCUT2D eigenvalue weighted by Gasteiger charge is -2.10. The molecule has 0 bridgehead atoms. The first-order valence-electron chi connectivity index (χ1n) is 7.20. The van der Waals surface area contributed by atoms with E-state index in [1.54, 1.807) is 0 Å². The number of hydrogen-bond donors (Lipinski definition) is 0. The van der Waals surface area contributed by atoms with E-state index in [0.29, 0.717) is 12.5 Å². The molecule has 0 aliphatic heterocycles. The van der Waals surface area contributed by atoms with Crippen molar-refractivity contribution in [1.29, 1.82) is 0 Å². The predicted octanol–water partition coefficient (Wildman–Crippen LogP) is 3.50. The summed E-state index contributed by atoms with van der Waals surface area (Å²) in [5.74, 6) is 0.613. The second-order valence-electron chi connectivity index (χ2n) is 5.13. The lowest BCUT2D eigenvalue weighted by atomic mass is 10.2. The highest BCUT2D eigenvalue weighted by Crippen LogP contribution is 2.30. The summed E-state index contributed by atoms with van der Waals surface area (Å²) in [4.78, 5) is 0. The molecule has 4 heteroatoms. The third-order valence-electron chi connectivity index (χ3n) is 3.88. The van der Waals surface area contributed by atoms with Gasteiger partial charge in [-0.1, -0.05) is 30.3 Å². The van der Waals surface area contributed by atoms with Crippen LogP contribution in [0.3, 0.4) is 0 Å². The molecular formula is C17H19N3O. The highest BCUT2D eigenvalue weighted by Gasteiger charge is 2.16. The molecule has 21 heavy (non-hydrogen) atoms. The van der Waals surface area contributed by atoms with Crippen molar-refractivity contribution in [3.8, 4) is 5.88 Å². The van der Waals surface area contributed by atoms with E-state index >= 15 is 0 Å². The van der Waals surface area contributed by atoms with Gasteiger partial charge < -0.3 is 9.30 Å². The smallest absolute Gasteiger partial charge is 0.258 e. The van der Waals surface area contributed by atoms with Gasteiger partial charge in [0.05, 0.1) is 12.8 Å². The van der Waals surface area contributed by atoms with Crippen LogP contribution in [0.1, 0.15) is 23.7 Å². The number of benzene rings is 1. The van der Waals surface area contributed by atoms with Crippen LogP contribution in [-0.4, -0.2) is 21.4 Å². The molecule has 2 heterocycles. The zero-order valence-corrected chi connectivity index (χ0v) is 12.6. The van der Waals surface area contributed by atoms with Crippen molar-refractivity contribution in [3.05, 3.63) is 53.3 Å². The molecule has 3 rings (SSSR count). The minimum absolute atomic E-state index is 0.586. The Morgan fingerprint density at radius 2 is 1.90 bits per heavy atom. The average Bonchev–Trinajstić information content (AvgIpc) is 2.75. The number of aryl methyl sites for hydroxylation is 1. The van der Waals surface area contributed by atoms with Crippen molar-refractivity contribution >= 4 is 10.9 Å². The predicted molar refractivity (Wildman–Crippen MR) is 83.7 cm³/mol. The molecule has 3 aromatic rings. The molecule has 0 radical (unpaired) electrons. The van der Waals surface area contributed by atoms with Gasteiger partial charge in [-0.25, -0.2) is 0 Å². The van der Waals surface area contributed by atoms with E-state index in [1.165, 1.54) is 16.8 Å². The van der Waals surface area contributed by atoms with E-state index in [0.717, 1.165) is 17.4 Å². The molecule has 108 valence electrons. The summed E-state index contributed by atoms with van der Waals surface area (Å²) in [6.07, 6.45) is 1.82. The third-order valence-corrected chi connectivity index (χ3v) is 3.88. The summed E-state index contributed by atoms with van der Waals surface area (Å²) in [5, 5.41) is 9.34. The molecule has 0 unspecified atom stereocenters. The maximum Gasteiger partial charge on any atom is 0.258 e. The zero-order valence-electron chi connectivity index (χ0n) is 12.6. The van der Waals surface area contributed by atoms with Crippen LogP contribution in [0.2, 0.25) is 0 Å². The van der Waals surface area contributed by atoms with E-state index < -0.39 is 0 Å². The van der Waals surface area contributed by atoms with Crippen LogP contribution in [-0.2, 0) is 6.54 Å². The molecule has 0 N–H and O–H groups in total. The Hall–Kier alpha value is -2.36. The average molecular weight is 281 g/mol. The van der Waals surface area contributed by atoms with E-state index in [1.807, 2.05) is 19.2 Å². The fraction of sp³-hybridized carbons (Fsp3) is 0.294. The number of rotatable bonds is 4. The maximum absolute atomic E-state index is 5.67. The van der Waals surface area contributed by atoms with Crippen LogP contribution >= 0.6 is 0 Å². The minimum atomic E-state index is 0.586. The number of hydrogen-bond acceptors (Lipinski definition) is 3. The first kappa shape index (κ1) is 13.6. The van der Waals surface area contributed by atoms with E-state index in [9.17, 15) is 0 Å². The van der Waals surface area contributed by atoms with E-state index in [2.05, 4.69) is 52.9 Å². The van der Waals surface area contributed by atoms with Crippen molar-refractivity contribution in [2.45, 2.75) is 27.3 Å².